The van der Waals surface area contributed by atoms with Crippen LogP contribution >= 0.6 is 27.5 Å². The highest BCUT2D eigenvalue weighted by molar-refractivity contribution is 9.10. The fourth-order valence-corrected chi connectivity index (χ4v) is 1.94. The second-order valence-corrected chi connectivity index (χ2v) is 4.72. The number of benzene rings is 2. The average Bonchev–Trinajstić information content (AvgIpc) is 2.32. The molecule has 0 saturated carbocycles. The topological polar surface area (TPSA) is 9.23 Å². The molecule has 0 amide bonds. The van der Waals surface area contributed by atoms with E-state index in [-0.39, 0.29) is 12.4 Å². The Hall–Kier alpha value is -1.06. The smallest absolute Gasteiger partial charge is 0.133 e. The van der Waals surface area contributed by atoms with Crippen LogP contribution in [-0.2, 0) is 6.61 Å². The van der Waals surface area contributed by atoms with Gasteiger partial charge in [0.2, 0.25) is 0 Å². The number of rotatable bonds is 3. The molecule has 2 aromatic carbocycles. The first-order valence-corrected chi connectivity index (χ1v) is 6.15. The summed E-state index contributed by atoms with van der Waals surface area (Å²) in [5.74, 6) is 0.382. The molecule has 0 atom stereocenters. The maximum atomic E-state index is 13.0. The van der Waals surface area contributed by atoms with Crippen LogP contribution in [0.3, 0.4) is 0 Å². The van der Waals surface area contributed by atoms with E-state index < -0.39 is 0 Å². The summed E-state index contributed by atoms with van der Waals surface area (Å²) in [6, 6.07) is 11.7. The van der Waals surface area contributed by atoms with Crippen molar-refractivity contribution < 1.29 is 9.13 Å². The maximum Gasteiger partial charge on any atom is 0.133 e. The summed E-state index contributed by atoms with van der Waals surface area (Å²) in [6.07, 6.45) is 0. The van der Waals surface area contributed by atoms with E-state index in [1.54, 1.807) is 0 Å². The monoisotopic (exact) mass is 314 g/mol. The minimum Gasteiger partial charge on any atom is -0.488 e. The molecule has 4 heteroatoms. The van der Waals surface area contributed by atoms with Crippen molar-refractivity contribution in [2.24, 2.45) is 0 Å². The lowest BCUT2D eigenvalue weighted by Crippen LogP contribution is -1.97. The second kappa shape index (κ2) is 5.52. The molecular weight excluding hydrogens is 306 g/mol. The van der Waals surface area contributed by atoms with Crippen molar-refractivity contribution in [2.45, 2.75) is 6.61 Å². The molecule has 2 rings (SSSR count). The summed E-state index contributed by atoms with van der Waals surface area (Å²) in [4.78, 5) is 0. The number of halogens is 3. The van der Waals surface area contributed by atoms with Crippen molar-refractivity contribution >= 4 is 27.5 Å². The van der Waals surface area contributed by atoms with Crippen LogP contribution in [-0.4, -0.2) is 0 Å². The van der Waals surface area contributed by atoms with Crippen LogP contribution in [0.4, 0.5) is 4.39 Å². The first kappa shape index (κ1) is 12.4. The minimum atomic E-state index is -0.319. The van der Waals surface area contributed by atoms with Gasteiger partial charge in [-0.25, -0.2) is 4.39 Å². The standard InChI is InChI=1S/C13H9BrClFO/c14-11-3-1-2-4-13(11)17-8-9-7-10(16)5-6-12(9)15/h1-7H,8H2. The molecule has 0 bridgehead atoms. The molecule has 0 heterocycles. The average molecular weight is 316 g/mol. The molecule has 0 aromatic heterocycles. The normalized spacial score (nSPS) is 10.3. The molecule has 0 spiro atoms. The third-order valence-electron chi connectivity index (χ3n) is 2.23. The zero-order valence-corrected chi connectivity index (χ0v) is 11.1. The van der Waals surface area contributed by atoms with Gasteiger partial charge >= 0.3 is 0 Å². The summed E-state index contributed by atoms with van der Waals surface area (Å²) in [7, 11) is 0. The molecule has 0 saturated heterocycles. The zero-order chi connectivity index (χ0) is 12.3. The molecule has 0 N–H and O–H groups in total. The van der Waals surface area contributed by atoms with Gasteiger partial charge in [-0.2, -0.15) is 0 Å². The Morgan fingerprint density at radius 3 is 2.71 bits per heavy atom. The molecule has 0 aliphatic carbocycles. The van der Waals surface area contributed by atoms with Gasteiger partial charge in [0.1, 0.15) is 18.2 Å². The van der Waals surface area contributed by atoms with E-state index in [0.29, 0.717) is 16.3 Å². The van der Waals surface area contributed by atoms with Crippen LogP contribution in [0.1, 0.15) is 5.56 Å². The summed E-state index contributed by atoms with van der Waals surface area (Å²) >= 11 is 9.31. The van der Waals surface area contributed by atoms with E-state index in [2.05, 4.69) is 15.9 Å². The fraction of sp³-hybridized carbons (Fsp3) is 0.0769. The lowest BCUT2D eigenvalue weighted by molar-refractivity contribution is 0.303. The van der Waals surface area contributed by atoms with E-state index in [4.69, 9.17) is 16.3 Å². The van der Waals surface area contributed by atoms with Crippen molar-refractivity contribution in [1.29, 1.82) is 0 Å². The van der Waals surface area contributed by atoms with Gasteiger partial charge < -0.3 is 4.74 Å². The summed E-state index contributed by atoms with van der Waals surface area (Å²) < 4.78 is 19.4. The largest absolute Gasteiger partial charge is 0.488 e. The third-order valence-corrected chi connectivity index (χ3v) is 3.25. The van der Waals surface area contributed by atoms with Crippen LogP contribution < -0.4 is 4.74 Å². The molecule has 0 fully saturated rings. The summed E-state index contributed by atoms with van der Waals surface area (Å²) in [5, 5.41) is 0.499. The van der Waals surface area contributed by atoms with Crippen molar-refractivity contribution in [3.05, 3.63) is 63.3 Å². The molecule has 0 radical (unpaired) electrons. The highest BCUT2D eigenvalue weighted by atomic mass is 79.9. The predicted octanol–water partition coefficient (Wildman–Crippen LogP) is 4.82. The van der Waals surface area contributed by atoms with E-state index in [9.17, 15) is 4.39 Å². The maximum absolute atomic E-state index is 13.0. The molecule has 0 aliphatic heterocycles. The van der Waals surface area contributed by atoms with Gasteiger partial charge in [0.15, 0.2) is 0 Å². The molecule has 1 nitrogen and oxygen atoms in total. The van der Waals surface area contributed by atoms with Gasteiger partial charge in [0, 0.05) is 10.6 Å². The zero-order valence-electron chi connectivity index (χ0n) is 8.79. The number of ether oxygens (including phenoxy) is 1. The van der Waals surface area contributed by atoms with Crippen LogP contribution in [0.2, 0.25) is 5.02 Å². The second-order valence-electron chi connectivity index (χ2n) is 3.45. The molecule has 17 heavy (non-hydrogen) atoms. The van der Waals surface area contributed by atoms with Crippen LogP contribution in [0.5, 0.6) is 5.75 Å². The van der Waals surface area contributed by atoms with E-state index >= 15 is 0 Å². The van der Waals surface area contributed by atoms with E-state index in [0.717, 1.165) is 4.47 Å². The van der Waals surface area contributed by atoms with Gasteiger partial charge in [-0.1, -0.05) is 23.7 Å². The Morgan fingerprint density at radius 2 is 1.94 bits per heavy atom. The van der Waals surface area contributed by atoms with E-state index in [1.807, 2.05) is 24.3 Å². The number of hydrogen-bond donors (Lipinski definition) is 0. The van der Waals surface area contributed by atoms with Crippen molar-refractivity contribution in [1.82, 2.24) is 0 Å². The molecule has 0 aliphatic rings. The Labute approximate surface area is 112 Å². The Balaban J connectivity index is 2.12. The first-order chi connectivity index (χ1) is 8.16. The summed E-state index contributed by atoms with van der Waals surface area (Å²) in [6.45, 7) is 0.235. The lowest BCUT2D eigenvalue weighted by atomic mass is 10.2. The molecule has 2 aromatic rings. The van der Waals surface area contributed by atoms with Crippen molar-refractivity contribution in [3.8, 4) is 5.75 Å². The Kier molecular flexibility index (Phi) is 4.02. The molecule has 0 unspecified atom stereocenters. The van der Waals surface area contributed by atoms with E-state index in [1.165, 1.54) is 18.2 Å². The van der Waals surface area contributed by atoms with Crippen LogP contribution in [0.25, 0.3) is 0 Å². The minimum absolute atomic E-state index is 0.235. The highest BCUT2D eigenvalue weighted by Gasteiger charge is 2.05. The van der Waals surface area contributed by atoms with Crippen molar-refractivity contribution in [2.75, 3.05) is 0 Å². The fourth-order valence-electron chi connectivity index (χ4n) is 1.37. The van der Waals surface area contributed by atoms with Gasteiger partial charge in [0.05, 0.1) is 4.47 Å². The third kappa shape index (κ3) is 3.20. The number of hydrogen-bond acceptors (Lipinski definition) is 1. The SMILES string of the molecule is Fc1ccc(Cl)c(COc2ccccc2Br)c1. The van der Waals surface area contributed by atoms with Gasteiger partial charge in [-0.05, 0) is 46.3 Å². The van der Waals surface area contributed by atoms with Gasteiger partial charge in [-0.15, -0.1) is 0 Å². The first-order valence-electron chi connectivity index (χ1n) is 4.98. The number of para-hydroxylation sites is 1. The van der Waals surface area contributed by atoms with Crippen molar-refractivity contribution in [3.63, 3.8) is 0 Å². The molecule has 88 valence electrons. The van der Waals surface area contributed by atoms with Gasteiger partial charge in [0.25, 0.3) is 0 Å². The highest BCUT2D eigenvalue weighted by Crippen LogP contribution is 2.26. The van der Waals surface area contributed by atoms with Crippen LogP contribution in [0.15, 0.2) is 46.9 Å². The Morgan fingerprint density at radius 1 is 1.18 bits per heavy atom. The Bertz CT molecular complexity index is 531. The molecular formula is C13H9BrClFO. The predicted molar refractivity (Wildman–Crippen MR) is 69.9 cm³/mol. The quantitative estimate of drug-likeness (QED) is 0.789. The van der Waals surface area contributed by atoms with Gasteiger partial charge in [-0.3, -0.25) is 0 Å². The van der Waals surface area contributed by atoms with Crippen LogP contribution in [0, 0.1) is 5.82 Å². The lowest BCUT2D eigenvalue weighted by Gasteiger charge is -2.09. The summed E-state index contributed by atoms with van der Waals surface area (Å²) in [5.41, 5.74) is 0.627.